The Bertz CT molecular complexity index is 149. The number of hydrogen-bond acceptors (Lipinski definition) is 6. The lowest BCUT2D eigenvalue weighted by Crippen LogP contribution is -2.20. The van der Waals surface area contributed by atoms with Gasteiger partial charge in [-0.1, -0.05) is 13.8 Å². The molecule has 0 aromatic heterocycles. The zero-order valence-corrected chi connectivity index (χ0v) is 7.63. The molecule has 0 spiro atoms. The molecule has 0 unspecified atom stereocenters. The number of hydrogen-bond donors (Lipinski definition) is 4. The van der Waals surface area contributed by atoms with Crippen LogP contribution >= 0.6 is 0 Å². The monoisotopic (exact) mass is 190 g/mol. The summed E-state index contributed by atoms with van der Waals surface area (Å²) in [5, 5.41) is 27.7. The summed E-state index contributed by atoms with van der Waals surface area (Å²) in [6.07, 6.45) is 1.50. The van der Waals surface area contributed by atoms with Crippen molar-refractivity contribution in [1.82, 2.24) is 0 Å². The van der Waals surface area contributed by atoms with E-state index < -0.39 is 0 Å². The van der Waals surface area contributed by atoms with Crippen molar-refractivity contribution in [3.63, 3.8) is 0 Å². The van der Waals surface area contributed by atoms with Crippen LogP contribution in [0.3, 0.4) is 0 Å². The van der Waals surface area contributed by atoms with Crippen LogP contribution < -0.4 is 0 Å². The Hall–Kier alpha value is -1.32. The van der Waals surface area contributed by atoms with Crippen LogP contribution in [0.15, 0.2) is 0 Å². The fourth-order valence-corrected chi connectivity index (χ4v) is 0.0500. The van der Waals surface area contributed by atoms with Crippen LogP contribution in [-0.4, -0.2) is 35.6 Å². The minimum absolute atomic E-state index is 0.0451. The van der Waals surface area contributed by atoms with E-state index in [1.165, 1.54) is 0 Å². The van der Waals surface area contributed by atoms with Crippen LogP contribution in [0.5, 0.6) is 0 Å². The molecule has 76 valence electrons. The van der Waals surface area contributed by atoms with E-state index in [9.17, 15) is 0 Å². The van der Waals surface area contributed by atoms with Gasteiger partial charge >= 0.3 is 0 Å². The molecule has 0 radical (unpaired) electrons. The molecule has 0 heterocycles. The SMILES string of the molecule is CC(C)(CO)CO.N=C=O.N=C=O. The zero-order chi connectivity index (χ0) is 11.3. The average molecular weight is 190 g/mol. The molecule has 4 N–H and O–H groups in total. The summed E-state index contributed by atoms with van der Waals surface area (Å²) in [7, 11) is 0. The van der Waals surface area contributed by atoms with Crippen molar-refractivity contribution >= 4 is 12.2 Å². The fraction of sp³-hybridized carbons (Fsp3) is 0.714. The lowest BCUT2D eigenvalue weighted by molar-refractivity contribution is 0.0857. The number of isocyanates is 2. The van der Waals surface area contributed by atoms with Gasteiger partial charge in [0.05, 0.1) is 13.2 Å². The molecule has 0 amide bonds. The van der Waals surface area contributed by atoms with E-state index >= 15 is 0 Å². The van der Waals surface area contributed by atoms with Crippen molar-refractivity contribution < 1.29 is 19.8 Å². The summed E-state index contributed by atoms with van der Waals surface area (Å²) in [5.74, 6) is 0. The number of carbonyl (C=O) groups excluding carboxylic acids is 2. The van der Waals surface area contributed by atoms with Gasteiger partial charge in [0.2, 0.25) is 12.2 Å². The van der Waals surface area contributed by atoms with Crippen molar-refractivity contribution in [2.24, 2.45) is 5.41 Å². The summed E-state index contributed by atoms with van der Waals surface area (Å²) in [6.45, 7) is 3.69. The van der Waals surface area contributed by atoms with Gasteiger partial charge in [0.15, 0.2) is 0 Å². The minimum Gasteiger partial charge on any atom is -0.396 e. The molecule has 0 aliphatic carbocycles. The molecule has 0 saturated heterocycles. The highest BCUT2D eigenvalue weighted by Crippen LogP contribution is 2.10. The molecule has 0 aromatic rings. The standard InChI is InChI=1S/C5H12O2.2CHNO/c1-5(2,3-6)4-7;2*2-1-3/h6-7H,3-4H2,1-2H3;2*2H. The average Bonchev–Trinajstić information content (AvgIpc) is 2.08. The van der Waals surface area contributed by atoms with Crippen molar-refractivity contribution in [3.8, 4) is 0 Å². The van der Waals surface area contributed by atoms with Gasteiger partial charge in [-0.25, -0.2) is 20.4 Å². The topological polar surface area (TPSA) is 122 Å². The van der Waals surface area contributed by atoms with Gasteiger partial charge < -0.3 is 10.2 Å². The number of nitrogens with one attached hydrogen (secondary N) is 2. The van der Waals surface area contributed by atoms with Crippen LogP contribution in [0.2, 0.25) is 0 Å². The molecular formula is C7H14N2O4. The first-order chi connectivity index (χ1) is 5.95. The van der Waals surface area contributed by atoms with Crippen molar-refractivity contribution in [2.45, 2.75) is 13.8 Å². The van der Waals surface area contributed by atoms with Crippen LogP contribution in [-0.2, 0) is 9.59 Å². The smallest absolute Gasteiger partial charge is 0.231 e. The van der Waals surface area contributed by atoms with Crippen molar-refractivity contribution in [3.05, 3.63) is 0 Å². The molecule has 0 aromatic carbocycles. The van der Waals surface area contributed by atoms with Crippen molar-refractivity contribution in [1.29, 1.82) is 10.8 Å². The largest absolute Gasteiger partial charge is 0.396 e. The molecule has 6 heteroatoms. The molecule has 0 fully saturated rings. The first kappa shape index (κ1) is 17.7. The van der Waals surface area contributed by atoms with E-state index in [2.05, 4.69) is 0 Å². The third-order valence-electron chi connectivity index (χ3n) is 0.856. The normalized spacial score (nSPS) is 7.69. The second kappa shape index (κ2) is 13.3. The number of rotatable bonds is 2. The maximum absolute atomic E-state index is 8.43. The Kier molecular flexibility index (Phi) is 18.1. The van der Waals surface area contributed by atoms with Gasteiger partial charge in [0.25, 0.3) is 0 Å². The van der Waals surface area contributed by atoms with Gasteiger partial charge in [-0.2, -0.15) is 0 Å². The first-order valence-electron chi connectivity index (χ1n) is 3.25. The molecule has 0 saturated carbocycles. The van der Waals surface area contributed by atoms with Crippen molar-refractivity contribution in [2.75, 3.05) is 13.2 Å². The van der Waals surface area contributed by atoms with Gasteiger partial charge in [-0.05, 0) is 0 Å². The highest BCUT2D eigenvalue weighted by molar-refractivity contribution is 5.26. The Balaban J connectivity index is -0.000000140. The number of aliphatic hydroxyl groups excluding tert-OH is 2. The second-order valence-electron chi connectivity index (χ2n) is 2.68. The summed E-state index contributed by atoms with van der Waals surface area (Å²) in [4.78, 5) is 16.7. The minimum atomic E-state index is -0.306. The third-order valence-corrected chi connectivity index (χ3v) is 0.856. The van der Waals surface area contributed by atoms with E-state index in [-0.39, 0.29) is 18.6 Å². The predicted octanol–water partition coefficient (Wildman–Crippen LogP) is -0.201. The molecule has 13 heavy (non-hydrogen) atoms. The van der Waals surface area contributed by atoms with Gasteiger partial charge in [0.1, 0.15) is 0 Å². The predicted molar refractivity (Wildman–Crippen MR) is 44.8 cm³/mol. The molecule has 0 bridgehead atoms. The highest BCUT2D eigenvalue weighted by atomic mass is 16.3. The van der Waals surface area contributed by atoms with Crippen LogP contribution in [0.4, 0.5) is 0 Å². The van der Waals surface area contributed by atoms with Gasteiger partial charge in [-0.3, -0.25) is 0 Å². The van der Waals surface area contributed by atoms with E-state index in [1.54, 1.807) is 13.8 Å². The Morgan fingerprint density at radius 2 is 1.23 bits per heavy atom. The quantitative estimate of drug-likeness (QED) is 0.355. The second-order valence-corrected chi connectivity index (χ2v) is 2.68. The van der Waals surface area contributed by atoms with Gasteiger partial charge in [-0.15, -0.1) is 0 Å². The maximum Gasteiger partial charge on any atom is 0.231 e. The van der Waals surface area contributed by atoms with E-state index in [4.69, 9.17) is 30.6 Å². The van der Waals surface area contributed by atoms with Crippen LogP contribution in [0.25, 0.3) is 0 Å². The van der Waals surface area contributed by atoms with E-state index in [0.717, 1.165) is 12.2 Å². The van der Waals surface area contributed by atoms with E-state index in [1.807, 2.05) is 0 Å². The highest BCUT2D eigenvalue weighted by Gasteiger charge is 2.13. The molecule has 0 atom stereocenters. The molecular weight excluding hydrogens is 176 g/mol. The van der Waals surface area contributed by atoms with Crippen LogP contribution in [0.1, 0.15) is 13.8 Å². The lowest BCUT2D eigenvalue weighted by Gasteiger charge is -2.16. The molecule has 6 nitrogen and oxygen atoms in total. The lowest BCUT2D eigenvalue weighted by atomic mass is 9.97. The Morgan fingerprint density at radius 3 is 1.23 bits per heavy atom. The maximum atomic E-state index is 8.43. The summed E-state index contributed by atoms with van der Waals surface area (Å²) < 4.78 is 0. The summed E-state index contributed by atoms with van der Waals surface area (Å²) >= 11 is 0. The Morgan fingerprint density at radius 1 is 1.08 bits per heavy atom. The molecule has 0 rings (SSSR count). The number of aliphatic hydroxyl groups is 2. The molecule has 0 aliphatic heterocycles. The summed E-state index contributed by atoms with van der Waals surface area (Å²) in [5.41, 5.74) is -0.306. The first-order valence-corrected chi connectivity index (χ1v) is 3.25. The third kappa shape index (κ3) is 36.7. The molecule has 0 aliphatic rings. The van der Waals surface area contributed by atoms with Gasteiger partial charge in [0, 0.05) is 5.41 Å². The van der Waals surface area contributed by atoms with E-state index in [0.29, 0.717) is 0 Å². The van der Waals surface area contributed by atoms with Crippen LogP contribution in [0, 0.1) is 16.2 Å². The zero-order valence-electron chi connectivity index (χ0n) is 7.63. The summed E-state index contributed by atoms with van der Waals surface area (Å²) in [6, 6.07) is 0. The Labute approximate surface area is 76.2 Å². The fourth-order valence-electron chi connectivity index (χ4n) is 0.0500.